The van der Waals surface area contributed by atoms with Crippen molar-refractivity contribution in [2.75, 3.05) is 19.6 Å². The number of para-hydroxylation sites is 1. The Bertz CT molecular complexity index is 823. The zero-order valence-electron chi connectivity index (χ0n) is 15.4. The van der Waals surface area contributed by atoms with Gasteiger partial charge in [-0.2, -0.15) is 18.3 Å². The van der Waals surface area contributed by atoms with Crippen LogP contribution in [-0.2, 0) is 6.18 Å². The molecule has 1 aliphatic heterocycles. The molecule has 0 atom stereocenters. The van der Waals surface area contributed by atoms with E-state index in [9.17, 15) is 18.0 Å². The lowest BCUT2D eigenvalue weighted by atomic mass is 9.81. The second-order valence-electron chi connectivity index (χ2n) is 7.35. The smallest absolute Gasteiger partial charge is 0.351 e. The van der Waals surface area contributed by atoms with Gasteiger partial charge in [0.05, 0.1) is 17.4 Å². The second kappa shape index (κ2) is 7.34. The van der Waals surface area contributed by atoms with E-state index in [-0.39, 0.29) is 5.41 Å². The second-order valence-corrected chi connectivity index (χ2v) is 7.35. The molecular weight excluding hydrogens is 357 g/mol. The summed E-state index contributed by atoms with van der Waals surface area (Å²) in [6, 6.07) is 6.63. The number of aromatic nitrogens is 2. The molecule has 1 aromatic carbocycles. The highest BCUT2D eigenvalue weighted by atomic mass is 19.4. The minimum Gasteiger partial charge on any atom is -0.351 e. The highest BCUT2D eigenvalue weighted by molar-refractivity contribution is 5.95. The number of amides is 1. The predicted octanol–water partition coefficient (Wildman–Crippen LogP) is 3.32. The Morgan fingerprint density at radius 1 is 1.30 bits per heavy atom. The first-order chi connectivity index (χ1) is 12.7. The largest absolute Gasteiger partial charge is 0.434 e. The van der Waals surface area contributed by atoms with Crippen LogP contribution in [0.1, 0.15) is 41.4 Å². The number of halogens is 3. The van der Waals surface area contributed by atoms with Crippen molar-refractivity contribution in [3.05, 3.63) is 47.3 Å². The van der Waals surface area contributed by atoms with Crippen LogP contribution in [-0.4, -0.2) is 35.3 Å². The van der Waals surface area contributed by atoms with Crippen molar-refractivity contribution in [1.29, 1.82) is 0 Å². The fraction of sp³-hybridized carbons (Fsp3) is 0.474. The lowest BCUT2D eigenvalue weighted by molar-refractivity contribution is -0.143. The minimum absolute atomic E-state index is 0.120. The molecule has 8 heteroatoms. The minimum atomic E-state index is -4.70. The summed E-state index contributed by atoms with van der Waals surface area (Å²) in [5.41, 5.74) is -0.687. The van der Waals surface area contributed by atoms with Crippen LogP contribution in [0.5, 0.6) is 0 Å². The van der Waals surface area contributed by atoms with E-state index < -0.39 is 23.3 Å². The zero-order valence-corrected chi connectivity index (χ0v) is 15.4. The van der Waals surface area contributed by atoms with Gasteiger partial charge in [-0.25, -0.2) is 4.68 Å². The Labute approximate surface area is 155 Å². The van der Waals surface area contributed by atoms with E-state index in [4.69, 9.17) is 0 Å². The van der Waals surface area contributed by atoms with Gasteiger partial charge in [0, 0.05) is 6.54 Å². The highest BCUT2D eigenvalue weighted by Crippen LogP contribution is 2.34. The van der Waals surface area contributed by atoms with Gasteiger partial charge in [0.25, 0.3) is 5.91 Å². The number of hydrogen-bond acceptors (Lipinski definition) is 3. The average Bonchev–Trinajstić information content (AvgIpc) is 3.06. The molecule has 3 rings (SSSR count). The zero-order chi connectivity index (χ0) is 19.7. The Hall–Kier alpha value is -2.35. The maximum Gasteiger partial charge on any atom is 0.434 e. The number of rotatable bonds is 4. The molecule has 1 fully saturated rings. The van der Waals surface area contributed by atoms with Gasteiger partial charge in [-0.1, -0.05) is 25.1 Å². The van der Waals surface area contributed by atoms with Crippen molar-refractivity contribution in [3.8, 4) is 5.69 Å². The van der Waals surface area contributed by atoms with Gasteiger partial charge in [-0.15, -0.1) is 0 Å². The molecule has 0 unspecified atom stereocenters. The van der Waals surface area contributed by atoms with Gasteiger partial charge in [-0.3, -0.25) is 4.79 Å². The number of aryl methyl sites for hydroxylation is 1. The summed E-state index contributed by atoms with van der Waals surface area (Å²) in [4.78, 5) is 12.5. The van der Waals surface area contributed by atoms with E-state index in [0.717, 1.165) is 36.8 Å². The van der Waals surface area contributed by atoms with Crippen LogP contribution in [0.15, 0.2) is 30.5 Å². The number of piperidine rings is 1. The summed E-state index contributed by atoms with van der Waals surface area (Å²) in [6.07, 6.45) is -1.98. The van der Waals surface area contributed by atoms with E-state index >= 15 is 0 Å². The van der Waals surface area contributed by atoms with Crippen LogP contribution in [0, 0.1) is 12.3 Å². The monoisotopic (exact) mass is 380 g/mol. The number of alkyl halides is 3. The first kappa shape index (κ1) is 19.4. The quantitative estimate of drug-likeness (QED) is 0.856. The molecule has 0 saturated carbocycles. The van der Waals surface area contributed by atoms with Crippen molar-refractivity contribution in [1.82, 2.24) is 20.4 Å². The van der Waals surface area contributed by atoms with E-state index in [1.807, 2.05) is 6.92 Å². The maximum atomic E-state index is 13.7. The molecule has 0 aliphatic carbocycles. The molecule has 0 radical (unpaired) electrons. The molecule has 1 amide bonds. The fourth-order valence-corrected chi connectivity index (χ4v) is 3.37. The topological polar surface area (TPSA) is 59.0 Å². The summed E-state index contributed by atoms with van der Waals surface area (Å²) in [7, 11) is 0. The van der Waals surface area contributed by atoms with Crippen LogP contribution < -0.4 is 10.6 Å². The summed E-state index contributed by atoms with van der Waals surface area (Å²) in [5, 5.41) is 9.79. The summed E-state index contributed by atoms with van der Waals surface area (Å²) in [6.45, 7) is 5.75. The van der Waals surface area contributed by atoms with Crippen molar-refractivity contribution >= 4 is 5.91 Å². The molecule has 2 aromatic rings. The molecule has 0 bridgehead atoms. The lowest BCUT2D eigenvalue weighted by Crippen LogP contribution is -2.43. The number of hydrogen-bond donors (Lipinski definition) is 2. The number of carbonyl (C=O) groups excluding carboxylic acids is 1. The predicted molar refractivity (Wildman–Crippen MR) is 95.8 cm³/mol. The Morgan fingerprint density at radius 2 is 1.96 bits per heavy atom. The van der Waals surface area contributed by atoms with Crippen molar-refractivity contribution in [3.63, 3.8) is 0 Å². The normalized spacial score (nSPS) is 16.9. The van der Waals surface area contributed by atoms with Crippen LogP contribution >= 0.6 is 0 Å². The molecule has 5 nitrogen and oxygen atoms in total. The van der Waals surface area contributed by atoms with Gasteiger partial charge in [0.1, 0.15) is 0 Å². The summed E-state index contributed by atoms with van der Waals surface area (Å²) < 4.78 is 42.0. The van der Waals surface area contributed by atoms with Crippen LogP contribution in [0.4, 0.5) is 13.2 Å². The first-order valence-electron chi connectivity index (χ1n) is 8.91. The average molecular weight is 380 g/mol. The molecule has 146 valence electrons. The Balaban J connectivity index is 1.89. The fourth-order valence-electron chi connectivity index (χ4n) is 3.37. The van der Waals surface area contributed by atoms with Gasteiger partial charge in [-0.05, 0) is 49.9 Å². The van der Waals surface area contributed by atoms with Gasteiger partial charge >= 0.3 is 6.18 Å². The van der Waals surface area contributed by atoms with Crippen molar-refractivity contribution < 1.29 is 18.0 Å². The third kappa shape index (κ3) is 4.16. The molecule has 27 heavy (non-hydrogen) atoms. The van der Waals surface area contributed by atoms with Crippen molar-refractivity contribution in [2.45, 2.75) is 32.9 Å². The standard InChI is InChI=1S/C19H23F3N4O/c1-13-5-3-4-6-15(13)26-16(19(20,21)22)14(11-25-26)17(27)24-12-18(2)7-9-23-10-8-18/h3-6,11,23H,7-10,12H2,1-2H3,(H,24,27). The molecule has 1 aromatic heterocycles. The highest BCUT2D eigenvalue weighted by Gasteiger charge is 2.41. The molecular formula is C19H23F3N4O. The molecule has 2 N–H and O–H groups in total. The number of nitrogens with zero attached hydrogens (tertiary/aromatic N) is 2. The lowest BCUT2D eigenvalue weighted by Gasteiger charge is -2.34. The third-order valence-electron chi connectivity index (χ3n) is 5.11. The van der Waals surface area contributed by atoms with E-state index in [2.05, 4.69) is 15.7 Å². The third-order valence-corrected chi connectivity index (χ3v) is 5.11. The molecule has 2 heterocycles. The SMILES string of the molecule is Cc1ccccc1-n1ncc(C(=O)NCC2(C)CCNCC2)c1C(F)(F)F. The Kier molecular flexibility index (Phi) is 5.28. The molecule has 0 spiro atoms. The van der Waals surface area contributed by atoms with Crippen LogP contribution in [0.2, 0.25) is 0 Å². The van der Waals surface area contributed by atoms with Crippen LogP contribution in [0.25, 0.3) is 5.69 Å². The maximum absolute atomic E-state index is 13.7. The van der Waals surface area contributed by atoms with E-state index in [1.165, 1.54) is 0 Å². The summed E-state index contributed by atoms with van der Waals surface area (Å²) >= 11 is 0. The van der Waals surface area contributed by atoms with Crippen molar-refractivity contribution in [2.24, 2.45) is 5.41 Å². The molecule has 1 aliphatic rings. The number of nitrogens with one attached hydrogen (secondary N) is 2. The van der Waals surface area contributed by atoms with Gasteiger partial charge in [0.2, 0.25) is 0 Å². The Morgan fingerprint density at radius 3 is 2.59 bits per heavy atom. The van der Waals surface area contributed by atoms with E-state index in [0.29, 0.717) is 17.8 Å². The number of carbonyl (C=O) groups is 1. The van der Waals surface area contributed by atoms with E-state index in [1.54, 1.807) is 31.2 Å². The van der Waals surface area contributed by atoms with Gasteiger partial charge < -0.3 is 10.6 Å². The number of benzene rings is 1. The first-order valence-corrected chi connectivity index (χ1v) is 8.91. The van der Waals surface area contributed by atoms with Crippen LogP contribution in [0.3, 0.4) is 0 Å². The van der Waals surface area contributed by atoms with Gasteiger partial charge in [0.15, 0.2) is 5.69 Å². The summed E-state index contributed by atoms with van der Waals surface area (Å²) in [5.74, 6) is -0.748. The molecule has 1 saturated heterocycles.